The van der Waals surface area contributed by atoms with E-state index in [1.165, 1.54) is 12.7 Å². The average molecular weight is 421 g/mol. The third-order valence-corrected chi connectivity index (χ3v) is 4.60. The zero-order chi connectivity index (χ0) is 21.2. The number of methoxy groups -OCH3 is 1. The molecule has 1 amide bonds. The first-order chi connectivity index (χ1) is 14.7. The van der Waals surface area contributed by atoms with Gasteiger partial charge in [-0.1, -0.05) is 48.5 Å². The number of rotatable bonds is 8. The Labute approximate surface area is 182 Å². The summed E-state index contributed by atoms with van der Waals surface area (Å²) in [5.41, 5.74) is 2.45. The summed E-state index contributed by atoms with van der Waals surface area (Å²) >= 11 is 5.27. The zero-order valence-electron chi connectivity index (χ0n) is 16.8. The topological polar surface area (TPSA) is 59.6 Å². The molecule has 0 heterocycles. The molecule has 0 radical (unpaired) electrons. The standard InChI is InChI=1S/C24H24N2O3S/c1-28-22-15-6-5-14-21(22)23(27)26-24(30)25-19-12-7-13-20(17-19)29-16-8-11-18-9-3-2-4-10-18/h2-7,9-10,12-15,17H,8,11,16H2,1H3,(H2,25,26,27,30). The molecule has 0 spiro atoms. The molecule has 0 saturated carbocycles. The fourth-order valence-electron chi connectivity index (χ4n) is 2.94. The van der Waals surface area contributed by atoms with Crippen LogP contribution in [0.3, 0.4) is 0 Å². The molecule has 0 fully saturated rings. The first kappa shape index (κ1) is 21.3. The van der Waals surface area contributed by atoms with Crippen LogP contribution in [0.5, 0.6) is 11.5 Å². The van der Waals surface area contributed by atoms with Crippen molar-refractivity contribution in [1.29, 1.82) is 0 Å². The number of para-hydroxylation sites is 1. The highest BCUT2D eigenvalue weighted by atomic mass is 32.1. The van der Waals surface area contributed by atoms with Crippen molar-refractivity contribution < 1.29 is 14.3 Å². The Morgan fingerprint density at radius 3 is 2.53 bits per heavy atom. The minimum absolute atomic E-state index is 0.201. The largest absolute Gasteiger partial charge is 0.496 e. The van der Waals surface area contributed by atoms with Crippen molar-refractivity contribution >= 4 is 28.9 Å². The molecule has 0 aliphatic heterocycles. The molecule has 30 heavy (non-hydrogen) atoms. The van der Waals surface area contributed by atoms with Gasteiger partial charge >= 0.3 is 0 Å². The van der Waals surface area contributed by atoms with E-state index in [0.717, 1.165) is 24.3 Å². The number of benzene rings is 3. The molecule has 0 unspecified atom stereocenters. The monoisotopic (exact) mass is 420 g/mol. The van der Waals surface area contributed by atoms with Gasteiger partial charge in [0.05, 0.1) is 19.3 Å². The molecule has 6 heteroatoms. The van der Waals surface area contributed by atoms with Gasteiger partial charge < -0.3 is 14.8 Å². The number of ether oxygens (including phenoxy) is 2. The Bertz CT molecular complexity index is 993. The number of hydrogen-bond acceptors (Lipinski definition) is 4. The number of amides is 1. The Balaban J connectivity index is 1.49. The van der Waals surface area contributed by atoms with Crippen molar-refractivity contribution in [3.8, 4) is 11.5 Å². The highest BCUT2D eigenvalue weighted by Crippen LogP contribution is 2.19. The summed E-state index contributed by atoms with van der Waals surface area (Å²) < 4.78 is 11.1. The number of anilines is 1. The predicted octanol–water partition coefficient (Wildman–Crippen LogP) is 4.83. The fraction of sp³-hybridized carbons (Fsp3) is 0.167. The predicted molar refractivity (Wildman–Crippen MR) is 123 cm³/mol. The van der Waals surface area contributed by atoms with Gasteiger partial charge in [-0.05, 0) is 54.9 Å². The van der Waals surface area contributed by atoms with Gasteiger partial charge in [0.1, 0.15) is 11.5 Å². The number of carbonyl (C=O) groups excluding carboxylic acids is 1. The average Bonchev–Trinajstić information content (AvgIpc) is 2.77. The molecule has 0 atom stereocenters. The lowest BCUT2D eigenvalue weighted by Gasteiger charge is -2.12. The molecular formula is C24H24N2O3S. The van der Waals surface area contributed by atoms with E-state index in [1.54, 1.807) is 24.3 Å². The lowest BCUT2D eigenvalue weighted by Crippen LogP contribution is -2.34. The lowest BCUT2D eigenvalue weighted by molar-refractivity contribution is 0.0975. The van der Waals surface area contributed by atoms with E-state index < -0.39 is 0 Å². The Kier molecular flexibility index (Phi) is 7.80. The van der Waals surface area contributed by atoms with Crippen LogP contribution in [0.2, 0.25) is 0 Å². The fourth-order valence-corrected chi connectivity index (χ4v) is 3.15. The van der Waals surface area contributed by atoms with Crippen molar-refractivity contribution in [2.45, 2.75) is 12.8 Å². The maximum atomic E-state index is 12.4. The maximum absolute atomic E-state index is 12.4. The Morgan fingerprint density at radius 1 is 0.967 bits per heavy atom. The highest BCUT2D eigenvalue weighted by molar-refractivity contribution is 7.80. The molecule has 5 nitrogen and oxygen atoms in total. The van der Waals surface area contributed by atoms with E-state index >= 15 is 0 Å². The molecule has 0 aliphatic rings. The smallest absolute Gasteiger partial charge is 0.261 e. The van der Waals surface area contributed by atoms with Crippen LogP contribution in [-0.4, -0.2) is 24.7 Å². The van der Waals surface area contributed by atoms with Gasteiger partial charge in [-0.15, -0.1) is 0 Å². The van der Waals surface area contributed by atoms with E-state index in [2.05, 4.69) is 22.8 Å². The summed E-state index contributed by atoms with van der Waals surface area (Å²) in [7, 11) is 1.52. The van der Waals surface area contributed by atoms with Gasteiger partial charge in [-0.3, -0.25) is 10.1 Å². The number of hydrogen-bond donors (Lipinski definition) is 2. The summed E-state index contributed by atoms with van der Waals surface area (Å²) in [6.07, 6.45) is 1.90. The zero-order valence-corrected chi connectivity index (χ0v) is 17.6. The van der Waals surface area contributed by atoms with E-state index in [-0.39, 0.29) is 11.0 Å². The van der Waals surface area contributed by atoms with Gasteiger partial charge in [-0.2, -0.15) is 0 Å². The summed E-state index contributed by atoms with van der Waals surface area (Å²) in [6, 6.07) is 24.8. The molecule has 0 saturated heterocycles. The van der Waals surface area contributed by atoms with Crippen molar-refractivity contribution in [1.82, 2.24) is 5.32 Å². The van der Waals surface area contributed by atoms with Crippen LogP contribution < -0.4 is 20.1 Å². The first-order valence-electron chi connectivity index (χ1n) is 9.68. The highest BCUT2D eigenvalue weighted by Gasteiger charge is 2.13. The van der Waals surface area contributed by atoms with Crippen molar-refractivity contribution in [3.63, 3.8) is 0 Å². The van der Waals surface area contributed by atoms with Crippen molar-refractivity contribution in [3.05, 3.63) is 90.0 Å². The molecule has 3 aromatic rings. The second-order valence-corrected chi connectivity index (χ2v) is 6.98. The summed E-state index contributed by atoms with van der Waals surface area (Å²) in [6.45, 7) is 0.618. The number of aryl methyl sites for hydroxylation is 1. The van der Waals surface area contributed by atoms with Crippen LogP contribution in [0.1, 0.15) is 22.3 Å². The third kappa shape index (κ3) is 6.32. The van der Waals surface area contributed by atoms with Gasteiger partial charge in [0.15, 0.2) is 5.11 Å². The summed E-state index contributed by atoms with van der Waals surface area (Å²) in [5.74, 6) is 0.897. The molecule has 0 aromatic heterocycles. The minimum atomic E-state index is -0.335. The molecule has 0 bridgehead atoms. The van der Waals surface area contributed by atoms with Crippen LogP contribution in [-0.2, 0) is 6.42 Å². The van der Waals surface area contributed by atoms with Crippen LogP contribution in [0.15, 0.2) is 78.9 Å². The molecule has 3 aromatic carbocycles. The van der Waals surface area contributed by atoms with Crippen molar-refractivity contribution in [2.24, 2.45) is 0 Å². The molecule has 2 N–H and O–H groups in total. The SMILES string of the molecule is COc1ccccc1C(=O)NC(=S)Nc1cccc(OCCCc2ccccc2)c1. The summed E-state index contributed by atoms with van der Waals surface area (Å²) in [4.78, 5) is 12.4. The number of thiocarbonyl (C=S) groups is 1. The molecule has 3 rings (SSSR count). The Hall–Kier alpha value is -3.38. The second kappa shape index (κ2) is 11.0. The molecular weight excluding hydrogens is 396 g/mol. The van der Waals surface area contributed by atoms with Crippen LogP contribution in [0.25, 0.3) is 0 Å². The van der Waals surface area contributed by atoms with Crippen LogP contribution in [0.4, 0.5) is 5.69 Å². The third-order valence-electron chi connectivity index (χ3n) is 4.39. The normalized spacial score (nSPS) is 10.2. The van der Waals surface area contributed by atoms with Gasteiger partial charge in [0, 0.05) is 11.8 Å². The first-order valence-corrected chi connectivity index (χ1v) is 10.1. The van der Waals surface area contributed by atoms with Gasteiger partial charge in [0.25, 0.3) is 5.91 Å². The number of nitrogens with one attached hydrogen (secondary N) is 2. The quantitative estimate of drug-likeness (QED) is 0.404. The molecule has 0 aliphatic carbocycles. The van der Waals surface area contributed by atoms with Crippen LogP contribution >= 0.6 is 12.2 Å². The second-order valence-electron chi connectivity index (χ2n) is 6.57. The lowest BCUT2D eigenvalue weighted by atomic mass is 10.1. The van der Waals surface area contributed by atoms with Gasteiger partial charge in [0.2, 0.25) is 0 Å². The number of carbonyl (C=O) groups is 1. The maximum Gasteiger partial charge on any atom is 0.261 e. The van der Waals surface area contributed by atoms with E-state index in [0.29, 0.717) is 17.9 Å². The minimum Gasteiger partial charge on any atom is -0.496 e. The summed E-state index contributed by atoms with van der Waals surface area (Å²) in [5, 5.41) is 5.89. The van der Waals surface area contributed by atoms with E-state index in [1.807, 2.05) is 42.5 Å². The Morgan fingerprint density at radius 2 is 1.73 bits per heavy atom. The van der Waals surface area contributed by atoms with E-state index in [9.17, 15) is 4.79 Å². The van der Waals surface area contributed by atoms with Crippen LogP contribution in [0, 0.1) is 0 Å². The van der Waals surface area contributed by atoms with E-state index in [4.69, 9.17) is 21.7 Å². The van der Waals surface area contributed by atoms with Gasteiger partial charge in [-0.25, -0.2) is 0 Å². The van der Waals surface area contributed by atoms with Crippen molar-refractivity contribution in [2.75, 3.05) is 19.0 Å². The molecule has 154 valence electrons.